The van der Waals surface area contributed by atoms with E-state index in [-0.39, 0.29) is 13.1 Å². The van der Waals surface area contributed by atoms with Crippen molar-refractivity contribution in [1.82, 2.24) is 24.2 Å². The van der Waals surface area contributed by atoms with Gasteiger partial charge in [0.2, 0.25) is 16.2 Å². The molecule has 2 aromatic heterocycles. The summed E-state index contributed by atoms with van der Waals surface area (Å²) in [5, 5.41) is 3.90. The summed E-state index contributed by atoms with van der Waals surface area (Å²) in [6.07, 6.45) is 2.23. The number of allylic oxidation sites excluding steroid dienone is 2. The van der Waals surface area contributed by atoms with Crippen LogP contribution >= 0.6 is 0 Å². The highest BCUT2D eigenvalue weighted by atomic mass is 32.2. The van der Waals surface area contributed by atoms with Crippen LogP contribution in [0.2, 0.25) is 0 Å². The number of likely N-dealkylation sites (tertiary alicyclic amines) is 1. The molecule has 1 fully saturated rings. The van der Waals surface area contributed by atoms with E-state index in [4.69, 9.17) is 0 Å². The molecule has 14 heteroatoms. The van der Waals surface area contributed by atoms with E-state index in [0.717, 1.165) is 6.26 Å². The number of nitrogens with zero attached hydrogens (tertiary/aromatic N) is 5. The standard InChI is InChI=1S/C19H21F4N6O3S/c1-33(31,32)25-9-13-11-27(7-5-19(13,22)23)17-8-12(4-6-28(17)30)15-10-24-16-3-2-14(18(20)21)26-29(15)16/h2-4,6,8,10,13,17-18,25H,5,7,9,11H2,1H3/q+1. The summed E-state index contributed by atoms with van der Waals surface area (Å²) < 4.78 is 81.6. The van der Waals surface area contributed by atoms with Crippen LogP contribution in [0.15, 0.2) is 36.7 Å². The number of hydrogen-bond donors (Lipinski definition) is 1. The number of alkyl halides is 4. The van der Waals surface area contributed by atoms with E-state index in [9.17, 15) is 30.9 Å². The Labute approximate surface area is 186 Å². The van der Waals surface area contributed by atoms with E-state index in [1.54, 1.807) is 0 Å². The molecule has 2 aliphatic rings. The summed E-state index contributed by atoms with van der Waals surface area (Å²) in [5.41, 5.74) is 0.707. The Kier molecular flexibility index (Phi) is 6.09. The largest absolute Gasteiger partial charge is 0.283 e. The van der Waals surface area contributed by atoms with Gasteiger partial charge < -0.3 is 0 Å². The zero-order chi connectivity index (χ0) is 24.0. The number of aromatic nitrogens is 3. The molecule has 4 heterocycles. The Balaban J connectivity index is 1.62. The molecular weight excluding hydrogens is 468 g/mol. The van der Waals surface area contributed by atoms with E-state index in [1.165, 1.54) is 46.1 Å². The van der Waals surface area contributed by atoms with E-state index in [0.29, 0.717) is 21.7 Å². The summed E-state index contributed by atoms with van der Waals surface area (Å²) >= 11 is 0. The van der Waals surface area contributed by atoms with Gasteiger partial charge in [-0.2, -0.15) is 5.10 Å². The van der Waals surface area contributed by atoms with Crippen LogP contribution in [0, 0.1) is 10.8 Å². The number of halogens is 4. The Morgan fingerprint density at radius 1 is 1.33 bits per heavy atom. The molecule has 9 nitrogen and oxygen atoms in total. The van der Waals surface area contributed by atoms with Crippen LogP contribution in [0.5, 0.6) is 0 Å². The first-order valence-electron chi connectivity index (χ1n) is 10.00. The second-order valence-electron chi connectivity index (χ2n) is 8.01. The van der Waals surface area contributed by atoms with Gasteiger partial charge in [-0.1, -0.05) is 0 Å². The van der Waals surface area contributed by atoms with Crippen LogP contribution in [-0.2, 0) is 10.0 Å². The number of hydrogen-bond acceptors (Lipinski definition) is 6. The second kappa shape index (κ2) is 8.57. The number of nitrogens with one attached hydrogen (secondary N) is 1. The van der Waals surface area contributed by atoms with Gasteiger partial charge in [-0.25, -0.2) is 45.1 Å². The molecule has 2 atom stereocenters. The Bertz CT molecular complexity index is 1240. The van der Waals surface area contributed by atoms with Crippen molar-refractivity contribution < 1.29 is 30.7 Å². The van der Waals surface area contributed by atoms with Gasteiger partial charge in [0.15, 0.2) is 5.65 Å². The van der Waals surface area contributed by atoms with E-state index in [2.05, 4.69) is 14.8 Å². The lowest BCUT2D eigenvalue weighted by atomic mass is 9.93. The maximum atomic E-state index is 14.4. The fourth-order valence-corrected chi connectivity index (χ4v) is 4.38. The van der Waals surface area contributed by atoms with Crippen LogP contribution in [0.3, 0.4) is 0 Å². The molecular formula is C19H21F4N6O3S+. The van der Waals surface area contributed by atoms with E-state index < -0.39 is 53.1 Å². The minimum atomic E-state index is -3.66. The zero-order valence-electron chi connectivity index (χ0n) is 17.4. The van der Waals surface area contributed by atoms with Crippen molar-refractivity contribution in [2.75, 3.05) is 25.9 Å². The van der Waals surface area contributed by atoms with Gasteiger partial charge >= 0.3 is 0 Å². The molecule has 0 amide bonds. The first-order chi connectivity index (χ1) is 15.4. The molecule has 2 aliphatic heterocycles. The fraction of sp³-hybridized carbons (Fsp3) is 0.474. The van der Waals surface area contributed by atoms with Gasteiger partial charge in [0.25, 0.3) is 18.5 Å². The molecule has 0 bridgehead atoms. The van der Waals surface area contributed by atoms with E-state index in [1.807, 2.05) is 0 Å². The molecule has 0 saturated carbocycles. The Hall–Kier alpha value is -2.71. The van der Waals surface area contributed by atoms with Crippen molar-refractivity contribution >= 4 is 21.2 Å². The number of piperidine rings is 1. The predicted octanol–water partition coefficient (Wildman–Crippen LogP) is 2.19. The average molecular weight is 489 g/mol. The number of nitroso groups, excluding NO2 is 1. The molecule has 0 radical (unpaired) electrons. The second-order valence-corrected chi connectivity index (χ2v) is 9.84. The Morgan fingerprint density at radius 2 is 2.09 bits per heavy atom. The summed E-state index contributed by atoms with van der Waals surface area (Å²) in [4.78, 5) is 18.2. The van der Waals surface area contributed by atoms with Crippen molar-refractivity contribution in [2.45, 2.75) is 24.9 Å². The van der Waals surface area contributed by atoms with Gasteiger partial charge in [-0.3, -0.25) is 0 Å². The number of sulfonamides is 1. The quantitative estimate of drug-likeness (QED) is 0.493. The summed E-state index contributed by atoms with van der Waals surface area (Å²) in [6.45, 7) is -0.782. The highest BCUT2D eigenvalue weighted by molar-refractivity contribution is 7.88. The Morgan fingerprint density at radius 3 is 2.79 bits per heavy atom. The molecule has 4 rings (SSSR count). The van der Waals surface area contributed by atoms with Crippen molar-refractivity contribution in [1.29, 1.82) is 0 Å². The van der Waals surface area contributed by atoms with Crippen LogP contribution < -0.4 is 4.72 Å². The highest BCUT2D eigenvalue weighted by Gasteiger charge is 2.48. The van der Waals surface area contributed by atoms with Gasteiger partial charge in [0.05, 0.1) is 22.9 Å². The number of rotatable bonds is 6. The molecule has 0 aromatic carbocycles. The van der Waals surface area contributed by atoms with Crippen LogP contribution in [0.1, 0.15) is 24.2 Å². The summed E-state index contributed by atoms with van der Waals surface area (Å²) in [7, 11) is -3.66. The third kappa shape index (κ3) is 4.96. The lowest BCUT2D eigenvalue weighted by Crippen LogP contribution is -2.55. The van der Waals surface area contributed by atoms with Gasteiger partial charge in [0, 0.05) is 54.6 Å². The monoisotopic (exact) mass is 489 g/mol. The summed E-state index contributed by atoms with van der Waals surface area (Å²) in [5.74, 6) is -4.43. The average Bonchev–Trinajstić information content (AvgIpc) is 3.16. The lowest BCUT2D eigenvalue weighted by molar-refractivity contribution is -0.538. The van der Waals surface area contributed by atoms with Crippen LogP contribution in [-0.4, -0.2) is 70.7 Å². The van der Waals surface area contributed by atoms with Crippen molar-refractivity contribution in [3.8, 4) is 0 Å². The molecule has 0 spiro atoms. The lowest BCUT2D eigenvalue weighted by Gasteiger charge is -2.38. The molecule has 0 aliphatic carbocycles. The van der Waals surface area contributed by atoms with Crippen molar-refractivity contribution in [3.63, 3.8) is 0 Å². The van der Waals surface area contributed by atoms with Crippen LogP contribution in [0.25, 0.3) is 11.2 Å². The minimum Gasteiger partial charge on any atom is -0.237 e. The first kappa shape index (κ1) is 23.4. The van der Waals surface area contributed by atoms with Gasteiger partial charge in [0.1, 0.15) is 5.69 Å². The SMILES string of the molecule is CS(=O)(=O)NCC1CN(C2C=C(c3cnc4ccc(C(F)F)nn34)C=C[N+]2=O)CCC1(F)F. The molecule has 2 unspecified atom stereocenters. The summed E-state index contributed by atoms with van der Waals surface area (Å²) in [6, 6.07) is 2.57. The van der Waals surface area contributed by atoms with Gasteiger partial charge in [-0.05, 0) is 12.1 Å². The van der Waals surface area contributed by atoms with Gasteiger partial charge in [-0.15, -0.1) is 0 Å². The minimum absolute atomic E-state index is 0.0929. The maximum absolute atomic E-state index is 14.4. The van der Waals surface area contributed by atoms with E-state index >= 15 is 0 Å². The predicted molar refractivity (Wildman–Crippen MR) is 110 cm³/mol. The molecule has 2 aromatic rings. The molecule has 33 heavy (non-hydrogen) atoms. The van der Waals surface area contributed by atoms with Crippen molar-refractivity contribution in [2.24, 2.45) is 5.92 Å². The molecule has 1 N–H and O–H groups in total. The number of fused-ring (bicyclic) bond motifs is 1. The zero-order valence-corrected chi connectivity index (χ0v) is 18.2. The fourth-order valence-electron chi connectivity index (χ4n) is 3.88. The molecule has 1 saturated heterocycles. The molecule has 178 valence electrons. The number of imidazole rings is 1. The smallest absolute Gasteiger partial charge is 0.237 e. The normalized spacial score (nSPS) is 23.9. The first-order valence-corrected chi connectivity index (χ1v) is 11.9. The maximum Gasteiger partial charge on any atom is 0.283 e. The third-order valence-electron chi connectivity index (χ3n) is 5.64. The van der Waals surface area contributed by atoms with Crippen LogP contribution in [0.4, 0.5) is 17.6 Å². The highest BCUT2D eigenvalue weighted by Crippen LogP contribution is 2.35. The topological polar surface area (TPSA) is 99.7 Å². The third-order valence-corrected chi connectivity index (χ3v) is 6.33. The van der Waals surface area contributed by atoms with Crippen molar-refractivity contribution in [3.05, 3.63) is 53.0 Å².